The Morgan fingerprint density at radius 1 is 1.36 bits per heavy atom. The van der Waals surface area contributed by atoms with E-state index in [0.29, 0.717) is 28.3 Å². The van der Waals surface area contributed by atoms with Crippen LogP contribution in [0.5, 0.6) is 0 Å². The summed E-state index contributed by atoms with van der Waals surface area (Å²) in [6.07, 6.45) is 3.21. The summed E-state index contributed by atoms with van der Waals surface area (Å²) in [5, 5.41) is 20.8. The largest absolute Gasteiger partial charge is 0.755 e. The van der Waals surface area contributed by atoms with Crippen molar-refractivity contribution < 1.29 is 4.39 Å². The molecule has 0 amide bonds. The Labute approximate surface area is 128 Å². The van der Waals surface area contributed by atoms with Crippen molar-refractivity contribution in [2.75, 3.05) is 13.6 Å². The molecule has 5 nitrogen and oxygen atoms in total. The second-order valence-corrected chi connectivity index (χ2v) is 5.68. The van der Waals surface area contributed by atoms with Gasteiger partial charge in [-0.2, -0.15) is 0 Å². The molecular weight excluding hydrogens is 283 g/mol. The topological polar surface area (TPSA) is 66.3 Å². The standard InChI is InChI=1S/C16H16FN4O/c1-16(10-20(2)15(18)21(16)22)12-5-6-14(17)13(8-12)11-4-3-7-19-9-11/h3-9,18H,10H2,1-2H3/q-1. The maximum atomic E-state index is 14.1. The van der Waals surface area contributed by atoms with Gasteiger partial charge in [-0.3, -0.25) is 10.4 Å². The van der Waals surface area contributed by atoms with Crippen molar-refractivity contribution >= 4 is 5.96 Å². The summed E-state index contributed by atoms with van der Waals surface area (Å²) in [4.78, 5) is 5.59. The third-order valence-corrected chi connectivity index (χ3v) is 4.11. The highest BCUT2D eigenvalue weighted by Crippen LogP contribution is 2.36. The molecule has 6 heteroatoms. The average Bonchev–Trinajstić information content (AvgIpc) is 2.73. The minimum atomic E-state index is -0.906. The van der Waals surface area contributed by atoms with Crippen LogP contribution in [0.15, 0.2) is 42.7 Å². The molecule has 1 saturated heterocycles. The zero-order chi connectivity index (χ0) is 15.9. The second kappa shape index (κ2) is 5.06. The number of nitrogens with one attached hydrogen (secondary N) is 1. The van der Waals surface area contributed by atoms with Gasteiger partial charge in [-0.1, -0.05) is 12.1 Å². The molecule has 0 radical (unpaired) electrons. The minimum absolute atomic E-state index is 0.0882. The number of rotatable bonds is 2. The van der Waals surface area contributed by atoms with E-state index in [0.717, 1.165) is 0 Å². The summed E-state index contributed by atoms with van der Waals surface area (Å²) in [5.74, 6) is -0.450. The highest BCUT2D eigenvalue weighted by atomic mass is 19.1. The first kappa shape index (κ1) is 14.5. The summed E-state index contributed by atoms with van der Waals surface area (Å²) in [6.45, 7) is 2.14. The lowest BCUT2D eigenvalue weighted by atomic mass is 9.90. The van der Waals surface area contributed by atoms with Crippen molar-refractivity contribution in [3.05, 3.63) is 59.3 Å². The minimum Gasteiger partial charge on any atom is -0.755 e. The summed E-state index contributed by atoms with van der Waals surface area (Å²) in [5.41, 5.74) is 0.832. The molecule has 2 aromatic rings. The molecule has 114 valence electrons. The normalized spacial score (nSPS) is 21.5. The van der Waals surface area contributed by atoms with Crippen molar-refractivity contribution in [1.29, 1.82) is 5.41 Å². The van der Waals surface area contributed by atoms with Gasteiger partial charge in [0.05, 0.1) is 5.54 Å². The molecule has 1 fully saturated rings. The Hall–Kier alpha value is -2.47. The first-order valence-corrected chi connectivity index (χ1v) is 6.91. The Morgan fingerprint density at radius 3 is 2.73 bits per heavy atom. The monoisotopic (exact) mass is 299 g/mol. The van der Waals surface area contributed by atoms with E-state index in [1.807, 2.05) is 0 Å². The van der Waals surface area contributed by atoms with Gasteiger partial charge in [0.1, 0.15) is 5.82 Å². The maximum absolute atomic E-state index is 14.1. The first-order chi connectivity index (χ1) is 10.4. The molecule has 1 aromatic carbocycles. The zero-order valence-electron chi connectivity index (χ0n) is 12.4. The molecule has 3 rings (SSSR count). The molecule has 1 aliphatic rings. The number of halogens is 1. The summed E-state index contributed by atoms with van der Waals surface area (Å²) < 4.78 is 14.1. The lowest BCUT2D eigenvalue weighted by molar-refractivity contribution is 0.288. The highest BCUT2D eigenvalue weighted by molar-refractivity contribution is 5.81. The van der Waals surface area contributed by atoms with Crippen molar-refractivity contribution in [3.63, 3.8) is 0 Å². The molecule has 0 saturated carbocycles. The van der Waals surface area contributed by atoms with Crippen LogP contribution in [0.1, 0.15) is 12.5 Å². The van der Waals surface area contributed by atoms with E-state index in [1.54, 1.807) is 55.5 Å². The van der Waals surface area contributed by atoms with Crippen LogP contribution in [0, 0.1) is 16.4 Å². The molecular formula is C16H16FN4O-. The Bertz CT molecular complexity index is 721. The fourth-order valence-electron chi connectivity index (χ4n) is 2.80. The van der Waals surface area contributed by atoms with Gasteiger partial charge < -0.3 is 15.2 Å². The molecule has 1 aromatic heterocycles. The smallest absolute Gasteiger partial charge is 0.183 e. The number of guanidine groups is 1. The van der Waals surface area contributed by atoms with E-state index in [2.05, 4.69) is 4.98 Å². The molecule has 1 N–H and O–H groups in total. The van der Waals surface area contributed by atoms with Crippen LogP contribution in [0.25, 0.3) is 11.1 Å². The maximum Gasteiger partial charge on any atom is 0.183 e. The number of hydrogen-bond acceptors (Lipinski definition) is 3. The lowest BCUT2D eigenvalue weighted by Gasteiger charge is -2.40. The van der Waals surface area contributed by atoms with Gasteiger partial charge in [-0.05, 0) is 30.7 Å². The van der Waals surface area contributed by atoms with E-state index in [1.165, 1.54) is 6.07 Å². The van der Waals surface area contributed by atoms with Crippen molar-refractivity contribution in [3.8, 4) is 11.1 Å². The number of hydrogen-bond donors (Lipinski definition) is 1. The van der Waals surface area contributed by atoms with Gasteiger partial charge in [0.15, 0.2) is 5.96 Å². The average molecular weight is 299 g/mol. The molecule has 0 spiro atoms. The predicted octanol–water partition coefficient (Wildman–Crippen LogP) is 2.78. The number of likely N-dealkylation sites (N-methyl/N-ethyl adjacent to an activating group) is 1. The van der Waals surface area contributed by atoms with Crippen LogP contribution >= 0.6 is 0 Å². The van der Waals surface area contributed by atoms with Gasteiger partial charge in [-0.15, -0.1) is 0 Å². The fourth-order valence-corrected chi connectivity index (χ4v) is 2.80. The molecule has 0 bridgehead atoms. The van der Waals surface area contributed by atoms with E-state index < -0.39 is 5.54 Å². The van der Waals surface area contributed by atoms with Crippen molar-refractivity contribution in [2.45, 2.75) is 12.5 Å². The fraction of sp³-hybridized carbons (Fsp3) is 0.250. The van der Waals surface area contributed by atoms with E-state index in [4.69, 9.17) is 5.41 Å². The van der Waals surface area contributed by atoms with Crippen LogP contribution in [0.4, 0.5) is 4.39 Å². The van der Waals surface area contributed by atoms with Gasteiger partial charge in [0.2, 0.25) is 0 Å². The van der Waals surface area contributed by atoms with E-state index in [-0.39, 0.29) is 11.8 Å². The molecule has 22 heavy (non-hydrogen) atoms. The lowest BCUT2D eigenvalue weighted by Crippen LogP contribution is -2.38. The number of nitrogens with zero attached hydrogens (tertiary/aromatic N) is 3. The summed E-state index contributed by atoms with van der Waals surface area (Å²) >= 11 is 0. The number of pyridine rings is 1. The molecule has 0 aliphatic carbocycles. The quantitative estimate of drug-likeness (QED) is 0.926. The Balaban J connectivity index is 2.09. The van der Waals surface area contributed by atoms with E-state index >= 15 is 0 Å². The van der Waals surface area contributed by atoms with E-state index in [9.17, 15) is 9.60 Å². The number of aromatic nitrogens is 1. The number of hydroxylamine groups is 2. The predicted molar refractivity (Wildman–Crippen MR) is 82.5 cm³/mol. The Morgan fingerprint density at radius 2 is 2.14 bits per heavy atom. The molecule has 1 aliphatic heterocycles. The highest BCUT2D eigenvalue weighted by Gasteiger charge is 2.39. The van der Waals surface area contributed by atoms with Crippen LogP contribution in [-0.2, 0) is 5.54 Å². The SMILES string of the molecule is CN1CC(C)(c2ccc(F)c(-c3cccnc3)c2)N([O-])C1=N. The molecule has 2 heterocycles. The second-order valence-electron chi connectivity index (χ2n) is 5.68. The van der Waals surface area contributed by atoms with Crippen LogP contribution in [0.3, 0.4) is 0 Å². The zero-order valence-corrected chi connectivity index (χ0v) is 12.4. The van der Waals surface area contributed by atoms with Gasteiger partial charge in [0.25, 0.3) is 0 Å². The molecule has 1 unspecified atom stereocenters. The van der Waals surface area contributed by atoms with Crippen LogP contribution in [-0.4, -0.2) is 34.5 Å². The van der Waals surface area contributed by atoms with Gasteiger partial charge >= 0.3 is 0 Å². The summed E-state index contributed by atoms with van der Waals surface area (Å²) in [7, 11) is 1.70. The summed E-state index contributed by atoms with van der Waals surface area (Å²) in [6, 6.07) is 8.15. The third kappa shape index (κ3) is 2.12. The Kier molecular flexibility index (Phi) is 3.33. The molecule has 1 atom stereocenters. The van der Waals surface area contributed by atoms with Crippen LogP contribution < -0.4 is 0 Å². The number of benzene rings is 1. The van der Waals surface area contributed by atoms with Gasteiger partial charge in [0, 0.05) is 37.1 Å². The van der Waals surface area contributed by atoms with Crippen molar-refractivity contribution in [2.24, 2.45) is 0 Å². The first-order valence-electron chi connectivity index (χ1n) is 6.91. The van der Waals surface area contributed by atoms with Gasteiger partial charge in [-0.25, -0.2) is 4.39 Å². The third-order valence-electron chi connectivity index (χ3n) is 4.11. The van der Waals surface area contributed by atoms with Crippen molar-refractivity contribution in [1.82, 2.24) is 14.9 Å². The van der Waals surface area contributed by atoms with Crippen LogP contribution in [0.2, 0.25) is 0 Å².